The predicted molar refractivity (Wildman–Crippen MR) is 72.0 cm³/mol. The molecule has 3 aromatic rings. The Kier molecular flexibility index (Phi) is 3.01. The van der Waals surface area contributed by atoms with Gasteiger partial charge >= 0.3 is 6.18 Å². The first kappa shape index (κ1) is 13.1. The zero-order valence-corrected chi connectivity index (χ0v) is 11.5. The molecule has 0 radical (unpaired) electrons. The number of aromatic amines is 1. The lowest BCUT2D eigenvalue weighted by Gasteiger charge is -2.05. The molecule has 0 bridgehead atoms. The highest BCUT2D eigenvalue weighted by atomic mass is 79.9. The second-order valence-corrected chi connectivity index (χ2v) is 5.00. The number of alkyl halides is 3. The summed E-state index contributed by atoms with van der Waals surface area (Å²) >= 11 is 3.33. The van der Waals surface area contributed by atoms with Crippen molar-refractivity contribution < 1.29 is 13.2 Å². The van der Waals surface area contributed by atoms with Crippen LogP contribution < -0.4 is 0 Å². The Hall–Kier alpha value is -1.89. The molecule has 0 atom stereocenters. The molecule has 102 valence electrons. The van der Waals surface area contributed by atoms with Gasteiger partial charge in [0.05, 0.1) is 16.6 Å². The van der Waals surface area contributed by atoms with Crippen LogP contribution in [0.25, 0.3) is 22.6 Å². The summed E-state index contributed by atoms with van der Waals surface area (Å²) in [4.78, 5) is 11.3. The number of imidazole rings is 1. The molecular weight excluding hydrogens is 335 g/mol. The van der Waals surface area contributed by atoms with E-state index in [4.69, 9.17) is 0 Å². The van der Waals surface area contributed by atoms with Gasteiger partial charge in [0.25, 0.3) is 0 Å². The zero-order chi connectivity index (χ0) is 14.3. The smallest absolute Gasteiger partial charge is 0.337 e. The Morgan fingerprint density at radius 1 is 1.15 bits per heavy atom. The molecule has 0 saturated heterocycles. The number of nitrogens with one attached hydrogen (secondary N) is 1. The summed E-state index contributed by atoms with van der Waals surface area (Å²) in [6, 6.07) is 6.94. The predicted octanol–water partition coefficient (Wildman–Crippen LogP) is 4.41. The molecule has 1 N–H and O–H groups in total. The molecule has 2 aromatic heterocycles. The van der Waals surface area contributed by atoms with E-state index in [0.717, 1.165) is 16.6 Å². The minimum absolute atomic E-state index is 0.326. The van der Waals surface area contributed by atoms with Crippen molar-refractivity contribution in [2.45, 2.75) is 6.18 Å². The number of nitrogens with zero attached hydrogens (tertiary/aromatic N) is 2. The number of aromatic nitrogens is 3. The van der Waals surface area contributed by atoms with Crippen LogP contribution in [0.2, 0.25) is 0 Å². The maximum atomic E-state index is 12.7. The SMILES string of the molecule is FC(F)(F)c1ccc2nc(-c3ncccc3Br)[nH]c2c1. The quantitative estimate of drug-likeness (QED) is 0.712. The fourth-order valence-electron chi connectivity index (χ4n) is 1.86. The van der Waals surface area contributed by atoms with E-state index in [2.05, 4.69) is 30.9 Å². The molecule has 0 fully saturated rings. The van der Waals surface area contributed by atoms with E-state index in [-0.39, 0.29) is 0 Å². The maximum Gasteiger partial charge on any atom is 0.416 e. The van der Waals surface area contributed by atoms with Crippen LogP contribution in [0.1, 0.15) is 5.56 Å². The zero-order valence-electron chi connectivity index (χ0n) is 9.87. The number of hydrogen-bond acceptors (Lipinski definition) is 2. The standard InChI is InChI=1S/C13H7BrF3N3/c14-8-2-1-5-18-11(8)12-19-9-4-3-7(13(15,16)17)6-10(9)20-12/h1-6H,(H,19,20). The van der Waals surface area contributed by atoms with Gasteiger partial charge in [-0.05, 0) is 46.3 Å². The first-order chi connectivity index (χ1) is 9.45. The van der Waals surface area contributed by atoms with E-state index in [0.29, 0.717) is 22.6 Å². The van der Waals surface area contributed by atoms with Crippen molar-refractivity contribution >= 4 is 27.0 Å². The second-order valence-electron chi connectivity index (χ2n) is 4.15. The summed E-state index contributed by atoms with van der Waals surface area (Å²) in [7, 11) is 0. The van der Waals surface area contributed by atoms with Crippen molar-refractivity contribution in [1.82, 2.24) is 15.0 Å². The largest absolute Gasteiger partial charge is 0.416 e. The molecule has 1 aromatic carbocycles. The Balaban J connectivity index is 2.14. The van der Waals surface area contributed by atoms with Gasteiger partial charge in [-0.2, -0.15) is 13.2 Å². The van der Waals surface area contributed by atoms with Crippen LogP contribution in [0, 0.1) is 0 Å². The van der Waals surface area contributed by atoms with Crippen LogP contribution in [0.4, 0.5) is 13.2 Å². The lowest BCUT2D eigenvalue weighted by atomic mass is 10.2. The minimum atomic E-state index is -4.37. The van der Waals surface area contributed by atoms with Crippen LogP contribution >= 0.6 is 15.9 Å². The average Bonchev–Trinajstić information content (AvgIpc) is 2.80. The molecule has 0 aliphatic carbocycles. The van der Waals surface area contributed by atoms with Crippen molar-refractivity contribution in [3.63, 3.8) is 0 Å². The van der Waals surface area contributed by atoms with Gasteiger partial charge in [0.1, 0.15) is 5.69 Å². The Bertz CT molecular complexity index is 780. The molecule has 3 nitrogen and oxygen atoms in total. The average molecular weight is 342 g/mol. The van der Waals surface area contributed by atoms with Gasteiger partial charge < -0.3 is 4.98 Å². The molecule has 20 heavy (non-hydrogen) atoms. The normalized spacial score (nSPS) is 12.0. The van der Waals surface area contributed by atoms with E-state index < -0.39 is 11.7 Å². The number of H-pyrrole nitrogens is 1. The first-order valence-corrected chi connectivity index (χ1v) is 6.42. The second kappa shape index (κ2) is 4.59. The molecule has 0 unspecified atom stereocenters. The molecule has 2 heterocycles. The van der Waals surface area contributed by atoms with Gasteiger partial charge in [0.2, 0.25) is 0 Å². The van der Waals surface area contributed by atoms with E-state index >= 15 is 0 Å². The van der Waals surface area contributed by atoms with Crippen LogP contribution in [0.5, 0.6) is 0 Å². The van der Waals surface area contributed by atoms with Crippen LogP contribution in [-0.4, -0.2) is 15.0 Å². The van der Waals surface area contributed by atoms with E-state index in [9.17, 15) is 13.2 Å². The number of rotatable bonds is 1. The van der Waals surface area contributed by atoms with Gasteiger partial charge in [0.15, 0.2) is 5.82 Å². The van der Waals surface area contributed by atoms with Gasteiger partial charge in [-0.3, -0.25) is 4.98 Å². The lowest BCUT2D eigenvalue weighted by molar-refractivity contribution is -0.137. The van der Waals surface area contributed by atoms with Gasteiger partial charge in [0, 0.05) is 10.7 Å². The highest BCUT2D eigenvalue weighted by Gasteiger charge is 2.30. The Morgan fingerprint density at radius 3 is 2.65 bits per heavy atom. The molecule has 0 saturated carbocycles. The van der Waals surface area contributed by atoms with E-state index in [1.807, 2.05) is 0 Å². The lowest BCUT2D eigenvalue weighted by Crippen LogP contribution is -2.04. The fourth-order valence-corrected chi connectivity index (χ4v) is 2.30. The molecule has 0 spiro atoms. The number of pyridine rings is 1. The van der Waals surface area contributed by atoms with Gasteiger partial charge in [-0.25, -0.2) is 4.98 Å². The number of fused-ring (bicyclic) bond motifs is 1. The topological polar surface area (TPSA) is 41.6 Å². The van der Waals surface area contributed by atoms with Crippen LogP contribution in [0.3, 0.4) is 0 Å². The molecule has 0 aliphatic heterocycles. The van der Waals surface area contributed by atoms with E-state index in [1.54, 1.807) is 18.3 Å². The Labute approximate surface area is 120 Å². The third kappa shape index (κ3) is 2.29. The van der Waals surface area contributed by atoms with E-state index in [1.165, 1.54) is 6.07 Å². The van der Waals surface area contributed by atoms with Crippen molar-refractivity contribution in [2.24, 2.45) is 0 Å². The maximum absolute atomic E-state index is 12.7. The van der Waals surface area contributed by atoms with Crippen LogP contribution in [0.15, 0.2) is 41.0 Å². The van der Waals surface area contributed by atoms with Crippen molar-refractivity contribution in [2.75, 3.05) is 0 Å². The third-order valence-electron chi connectivity index (χ3n) is 2.79. The molecule has 3 rings (SSSR count). The molecule has 7 heteroatoms. The summed E-state index contributed by atoms with van der Waals surface area (Å²) in [6.07, 6.45) is -2.78. The fraction of sp³-hybridized carbons (Fsp3) is 0.0769. The Morgan fingerprint density at radius 2 is 1.95 bits per heavy atom. The van der Waals surface area contributed by atoms with Crippen molar-refractivity contribution in [3.05, 3.63) is 46.6 Å². The van der Waals surface area contributed by atoms with Crippen LogP contribution in [-0.2, 0) is 6.18 Å². The van der Waals surface area contributed by atoms with Gasteiger partial charge in [-0.1, -0.05) is 0 Å². The molecule has 0 aliphatic rings. The summed E-state index contributed by atoms with van der Waals surface area (Å²) in [5.74, 6) is 0.423. The van der Waals surface area contributed by atoms with Crippen molar-refractivity contribution in [1.29, 1.82) is 0 Å². The highest BCUT2D eigenvalue weighted by Crippen LogP contribution is 2.32. The molecular formula is C13H7BrF3N3. The number of halogens is 4. The third-order valence-corrected chi connectivity index (χ3v) is 3.43. The van der Waals surface area contributed by atoms with Gasteiger partial charge in [-0.15, -0.1) is 0 Å². The summed E-state index contributed by atoms with van der Waals surface area (Å²) < 4.78 is 38.7. The monoisotopic (exact) mass is 341 g/mol. The molecule has 0 amide bonds. The number of hydrogen-bond donors (Lipinski definition) is 1. The summed E-state index contributed by atoms with van der Waals surface area (Å²) in [5.41, 5.74) is 0.635. The summed E-state index contributed by atoms with van der Waals surface area (Å²) in [5, 5.41) is 0. The minimum Gasteiger partial charge on any atom is -0.337 e. The summed E-state index contributed by atoms with van der Waals surface area (Å²) in [6.45, 7) is 0. The number of benzene rings is 1. The highest BCUT2D eigenvalue weighted by molar-refractivity contribution is 9.10. The van der Waals surface area contributed by atoms with Crippen molar-refractivity contribution in [3.8, 4) is 11.5 Å². The first-order valence-electron chi connectivity index (χ1n) is 5.63.